The standard InChI is InChI=1S/C20H18N4O3S2/c1-2-8-24-19(26)15(29-20(24)28)11-14-17(21-12-13-6-5-10-27-13)22-16-7-3-4-9-23(16)18(14)25/h3-7,9-11,21H,2,8,12H2,1H3/b15-11+. The number of thiocarbonyl (C=S) groups is 1. The van der Waals surface area contributed by atoms with Crippen molar-refractivity contribution in [1.29, 1.82) is 0 Å². The molecule has 0 aliphatic carbocycles. The summed E-state index contributed by atoms with van der Waals surface area (Å²) in [6.45, 7) is 2.90. The van der Waals surface area contributed by atoms with Crippen LogP contribution in [0.15, 0.2) is 56.9 Å². The molecule has 0 unspecified atom stereocenters. The Balaban J connectivity index is 1.78. The molecule has 0 atom stereocenters. The van der Waals surface area contributed by atoms with E-state index in [1.54, 1.807) is 41.6 Å². The molecule has 29 heavy (non-hydrogen) atoms. The Morgan fingerprint density at radius 3 is 2.90 bits per heavy atom. The lowest BCUT2D eigenvalue weighted by atomic mass is 10.2. The van der Waals surface area contributed by atoms with Crippen LogP contribution in [0.2, 0.25) is 0 Å². The SMILES string of the molecule is CCCN1C(=O)/C(=C\c2c(NCc3ccco3)nc3ccccn3c2=O)SC1=S. The normalized spacial score (nSPS) is 15.6. The quantitative estimate of drug-likeness (QED) is 0.477. The number of nitrogens with zero attached hydrogens (tertiary/aromatic N) is 3. The summed E-state index contributed by atoms with van der Waals surface area (Å²) in [5.74, 6) is 0.912. The fourth-order valence-electron chi connectivity index (χ4n) is 3.00. The monoisotopic (exact) mass is 426 g/mol. The zero-order chi connectivity index (χ0) is 20.4. The smallest absolute Gasteiger partial charge is 0.267 e. The maximum Gasteiger partial charge on any atom is 0.267 e. The molecule has 4 heterocycles. The summed E-state index contributed by atoms with van der Waals surface area (Å²) in [5, 5.41) is 3.16. The van der Waals surface area contributed by atoms with E-state index in [0.29, 0.717) is 45.1 Å². The van der Waals surface area contributed by atoms with E-state index in [1.807, 2.05) is 19.1 Å². The van der Waals surface area contributed by atoms with Crippen molar-refractivity contribution in [1.82, 2.24) is 14.3 Å². The first-order valence-electron chi connectivity index (χ1n) is 9.11. The topological polar surface area (TPSA) is 79.8 Å². The number of pyridine rings is 1. The number of furan rings is 1. The van der Waals surface area contributed by atoms with Crippen molar-refractivity contribution >= 4 is 51.7 Å². The third-order valence-electron chi connectivity index (χ3n) is 4.38. The molecule has 9 heteroatoms. The van der Waals surface area contributed by atoms with Crippen LogP contribution in [0, 0.1) is 0 Å². The van der Waals surface area contributed by atoms with Crippen LogP contribution >= 0.6 is 24.0 Å². The second-order valence-electron chi connectivity index (χ2n) is 6.37. The Morgan fingerprint density at radius 2 is 2.14 bits per heavy atom. The van der Waals surface area contributed by atoms with Gasteiger partial charge in [-0.25, -0.2) is 4.98 Å². The first-order chi connectivity index (χ1) is 14.1. The molecule has 0 spiro atoms. The van der Waals surface area contributed by atoms with Crippen LogP contribution in [-0.4, -0.2) is 31.1 Å². The molecular formula is C20H18N4O3S2. The first kappa shape index (κ1) is 19.4. The van der Waals surface area contributed by atoms with Gasteiger partial charge in [0.05, 0.1) is 23.3 Å². The highest BCUT2D eigenvalue weighted by Gasteiger charge is 2.31. The molecule has 1 fully saturated rings. The van der Waals surface area contributed by atoms with Crippen molar-refractivity contribution in [2.75, 3.05) is 11.9 Å². The molecule has 148 valence electrons. The Morgan fingerprint density at radius 1 is 1.28 bits per heavy atom. The maximum atomic E-state index is 13.1. The lowest BCUT2D eigenvalue weighted by Gasteiger charge is -2.12. The lowest BCUT2D eigenvalue weighted by molar-refractivity contribution is -0.122. The average Bonchev–Trinajstić information content (AvgIpc) is 3.33. The van der Waals surface area contributed by atoms with E-state index < -0.39 is 0 Å². The Kier molecular flexibility index (Phi) is 5.50. The van der Waals surface area contributed by atoms with Crippen molar-refractivity contribution < 1.29 is 9.21 Å². The molecule has 0 radical (unpaired) electrons. The van der Waals surface area contributed by atoms with E-state index in [0.717, 1.165) is 6.42 Å². The van der Waals surface area contributed by atoms with Crippen molar-refractivity contribution in [3.63, 3.8) is 0 Å². The van der Waals surface area contributed by atoms with Crippen LogP contribution in [0.4, 0.5) is 5.82 Å². The maximum absolute atomic E-state index is 13.1. The molecule has 1 amide bonds. The van der Waals surface area contributed by atoms with Gasteiger partial charge in [-0.15, -0.1) is 0 Å². The van der Waals surface area contributed by atoms with Crippen LogP contribution in [0.1, 0.15) is 24.7 Å². The van der Waals surface area contributed by atoms with E-state index in [2.05, 4.69) is 10.3 Å². The molecule has 1 aliphatic rings. The van der Waals surface area contributed by atoms with E-state index in [4.69, 9.17) is 16.6 Å². The summed E-state index contributed by atoms with van der Waals surface area (Å²) in [5.41, 5.74) is 0.547. The molecule has 3 aromatic heterocycles. The van der Waals surface area contributed by atoms with Crippen molar-refractivity contribution in [3.05, 3.63) is 69.4 Å². The summed E-state index contributed by atoms with van der Waals surface area (Å²) in [4.78, 5) is 32.4. The summed E-state index contributed by atoms with van der Waals surface area (Å²) in [6.07, 6.45) is 5.62. The van der Waals surface area contributed by atoms with Crippen molar-refractivity contribution in [3.8, 4) is 0 Å². The van der Waals surface area contributed by atoms with Gasteiger partial charge in [0.15, 0.2) is 0 Å². The van der Waals surface area contributed by atoms with Crippen LogP contribution in [-0.2, 0) is 11.3 Å². The number of amides is 1. The minimum atomic E-state index is -0.265. The van der Waals surface area contributed by atoms with Gasteiger partial charge in [0.25, 0.3) is 11.5 Å². The zero-order valence-corrected chi connectivity index (χ0v) is 17.3. The van der Waals surface area contributed by atoms with Crippen LogP contribution in [0.5, 0.6) is 0 Å². The van der Waals surface area contributed by atoms with Gasteiger partial charge in [-0.3, -0.25) is 18.9 Å². The number of aromatic nitrogens is 2. The van der Waals surface area contributed by atoms with Gasteiger partial charge in [0, 0.05) is 12.7 Å². The van der Waals surface area contributed by atoms with E-state index in [-0.39, 0.29) is 11.5 Å². The molecule has 1 N–H and O–H groups in total. The Labute approximate surface area is 176 Å². The van der Waals surface area contributed by atoms with Gasteiger partial charge in [0.2, 0.25) is 0 Å². The first-order valence-corrected chi connectivity index (χ1v) is 10.3. The van der Waals surface area contributed by atoms with E-state index >= 15 is 0 Å². The number of fused-ring (bicyclic) bond motifs is 1. The molecule has 7 nitrogen and oxygen atoms in total. The van der Waals surface area contributed by atoms with Crippen molar-refractivity contribution in [2.24, 2.45) is 0 Å². The van der Waals surface area contributed by atoms with Gasteiger partial charge in [0.1, 0.15) is 21.5 Å². The summed E-state index contributed by atoms with van der Waals surface area (Å²) in [6, 6.07) is 8.95. The second-order valence-corrected chi connectivity index (χ2v) is 8.05. The Hall–Kier alpha value is -2.91. The molecule has 4 rings (SSSR count). The van der Waals surface area contributed by atoms with Gasteiger partial charge < -0.3 is 9.73 Å². The fraction of sp³-hybridized carbons (Fsp3) is 0.200. The van der Waals surface area contributed by atoms with Crippen molar-refractivity contribution in [2.45, 2.75) is 19.9 Å². The van der Waals surface area contributed by atoms with Gasteiger partial charge in [-0.1, -0.05) is 37.0 Å². The number of rotatable bonds is 6. The molecule has 0 aromatic carbocycles. The molecule has 1 aliphatic heterocycles. The summed E-state index contributed by atoms with van der Waals surface area (Å²) < 4.78 is 7.30. The number of carbonyl (C=O) groups is 1. The highest BCUT2D eigenvalue weighted by molar-refractivity contribution is 8.26. The number of carbonyl (C=O) groups excluding carboxylic acids is 1. The minimum Gasteiger partial charge on any atom is -0.467 e. The predicted molar refractivity (Wildman–Crippen MR) is 118 cm³/mol. The molecule has 3 aromatic rings. The lowest BCUT2D eigenvalue weighted by Crippen LogP contribution is -2.28. The van der Waals surface area contributed by atoms with E-state index in [1.165, 1.54) is 16.2 Å². The number of anilines is 1. The van der Waals surface area contributed by atoms with Crippen LogP contribution < -0.4 is 10.9 Å². The largest absolute Gasteiger partial charge is 0.467 e. The molecule has 0 saturated carbocycles. The zero-order valence-electron chi connectivity index (χ0n) is 15.6. The van der Waals surface area contributed by atoms with E-state index in [9.17, 15) is 9.59 Å². The number of hydrogen-bond donors (Lipinski definition) is 1. The highest BCUT2D eigenvalue weighted by atomic mass is 32.2. The third kappa shape index (κ3) is 3.83. The predicted octanol–water partition coefficient (Wildman–Crippen LogP) is 3.51. The Bertz CT molecular complexity index is 1170. The number of nitrogens with one attached hydrogen (secondary N) is 1. The molecule has 1 saturated heterocycles. The minimum absolute atomic E-state index is 0.184. The summed E-state index contributed by atoms with van der Waals surface area (Å²) >= 11 is 6.53. The number of thioether (sulfide) groups is 1. The van der Waals surface area contributed by atoms with Gasteiger partial charge >= 0.3 is 0 Å². The van der Waals surface area contributed by atoms with Gasteiger partial charge in [-0.2, -0.15) is 0 Å². The molecular weight excluding hydrogens is 408 g/mol. The van der Waals surface area contributed by atoms with Gasteiger partial charge in [-0.05, 0) is 36.8 Å². The van der Waals surface area contributed by atoms with Crippen LogP contribution in [0.3, 0.4) is 0 Å². The number of hydrogen-bond acceptors (Lipinski definition) is 7. The molecule has 0 bridgehead atoms. The average molecular weight is 427 g/mol. The highest BCUT2D eigenvalue weighted by Crippen LogP contribution is 2.33. The third-order valence-corrected chi connectivity index (χ3v) is 5.75. The fourth-order valence-corrected chi connectivity index (χ4v) is 4.29. The second kappa shape index (κ2) is 8.22. The summed E-state index contributed by atoms with van der Waals surface area (Å²) in [7, 11) is 0. The van der Waals surface area contributed by atoms with Crippen LogP contribution in [0.25, 0.3) is 11.7 Å².